The highest BCUT2D eigenvalue weighted by Gasteiger charge is 2.18. The van der Waals surface area contributed by atoms with Crippen LogP contribution in [0.5, 0.6) is 0 Å². The third-order valence-corrected chi connectivity index (χ3v) is 2.76. The van der Waals surface area contributed by atoms with Gasteiger partial charge in [0.25, 0.3) is 5.91 Å². The quantitative estimate of drug-likeness (QED) is 0.815. The Morgan fingerprint density at radius 3 is 2.80 bits per heavy atom. The molecule has 0 saturated heterocycles. The fourth-order valence-electron chi connectivity index (χ4n) is 1.84. The van der Waals surface area contributed by atoms with Gasteiger partial charge in [0.05, 0.1) is 17.9 Å². The van der Waals surface area contributed by atoms with E-state index in [4.69, 9.17) is 10.3 Å². The van der Waals surface area contributed by atoms with Crippen molar-refractivity contribution in [3.8, 4) is 11.8 Å². The van der Waals surface area contributed by atoms with Crippen molar-refractivity contribution in [2.45, 2.75) is 13.8 Å². The second kappa shape index (κ2) is 6.04. The number of carbonyl (C=O) groups is 1. The van der Waals surface area contributed by atoms with E-state index < -0.39 is 0 Å². The van der Waals surface area contributed by atoms with Crippen LogP contribution < -0.4 is 11.1 Å². The number of carbonyl (C=O) groups excluding carboxylic acids is 1. The van der Waals surface area contributed by atoms with Gasteiger partial charge in [0.1, 0.15) is 11.3 Å². The highest BCUT2D eigenvalue weighted by atomic mass is 16.5. The number of benzene rings is 1. The average Bonchev–Trinajstić information content (AvgIpc) is 2.77. The first-order valence-electron chi connectivity index (χ1n) is 6.15. The molecule has 5 nitrogen and oxygen atoms in total. The zero-order chi connectivity index (χ0) is 14.5. The van der Waals surface area contributed by atoms with Gasteiger partial charge in [0.15, 0.2) is 0 Å². The third kappa shape index (κ3) is 2.87. The maximum Gasteiger partial charge on any atom is 0.261 e. The molecule has 3 N–H and O–H groups in total. The molecule has 1 aromatic carbocycles. The van der Waals surface area contributed by atoms with E-state index in [1.165, 1.54) is 0 Å². The SMILES string of the molecule is Cc1noc(C)c1C(=O)Nc1ccccc1C#CCN. The summed E-state index contributed by atoms with van der Waals surface area (Å²) in [7, 11) is 0. The normalized spacial score (nSPS) is 9.75. The highest BCUT2D eigenvalue weighted by Crippen LogP contribution is 2.18. The Bertz CT molecular complexity index is 673. The number of aromatic nitrogens is 1. The summed E-state index contributed by atoms with van der Waals surface area (Å²) in [6.45, 7) is 3.70. The molecule has 0 unspecified atom stereocenters. The van der Waals surface area contributed by atoms with Crippen LogP contribution in [0.1, 0.15) is 27.4 Å². The summed E-state index contributed by atoms with van der Waals surface area (Å²) in [4.78, 5) is 12.3. The van der Waals surface area contributed by atoms with Crippen LogP contribution in [-0.2, 0) is 0 Å². The van der Waals surface area contributed by atoms with Crippen molar-refractivity contribution < 1.29 is 9.32 Å². The van der Waals surface area contributed by atoms with Gasteiger partial charge in [0, 0.05) is 5.56 Å². The minimum Gasteiger partial charge on any atom is -0.361 e. The molecule has 1 aromatic heterocycles. The second-order valence-corrected chi connectivity index (χ2v) is 4.20. The molecule has 0 aliphatic rings. The number of aryl methyl sites for hydroxylation is 2. The standard InChI is InChI=1S/C15H15N3O2/c1-10-14(11(2)20-18-10)15(19)17-13-8-4-3-6-12(13)7-5-9-16/h3-4,6,8H,9,16H2,1-2H3,(H,17,19). The molecule has 1 amide bonds. The van der Waals surface area contributed by atoms with E-state index in [1.807, 2.05) is 18.2 Å². The molecule has 2 rings (SSSR count). The van der Waals surface area contributed by atoms with Gasteiger partial charge in [-0.1, -0.05) is 29.1 Å². The molecule has 0 spiro atoms. The van der Waals surface area contributed by atoms with Gasteiger partial charge in [0.2, 0.25) is 0 Å². The predicted octanol–water partition coefficient (Wildman–Crippen LogP) is 1.85. The van der Waals surface area contributed by atoms with Crippen LogP contribution in [0.4, 0.5) is 5.69 Å². The Morgan fingerprint density at radius 2 is 2.15 bits per heavy atom. The molecule has 0 saturated carbocycles. The number of nitrogens with one attached hydrogen (secondary N) is 1. The van der Waals surface area contributed by atoms with E-state index in [1.54, 1.807) is 19.9 Å². The molecule has 1 heterocycles. The molecule has 0 bridgehead atoms. The summed E-state index contributed by atoms with van der Waals surface area (Å²) >= 11 is 0. The van der Waals surface area contributed by atoms with Crippen LogP contribution in [0.3, 0.4) is 0 Å². The molecule has 0 aliphatic heterocycles. The van der Waals surface area contributed by atoms with Crippen molar-refractivity contribution in [2.75, 3.05) is 11.9 Å². The first kappa shape index (κ1) is 13.8. The van der Waals surface area contributed by atoms with Crippen molar-refractivity contribution in [1.82, 2.24) is 5.16 Å². The number of amides is 1. The van der Waals surface area contributed by atoms with Crippen molar-refractivity contribution >= 4 is 11.6 Å². The Labute approximate surface area is 117 Å². The number of hydrogen-bond acceptors (Lipinski definition) is 4. The van der Waals surface area contributed by atoms with Gasteiger partial charge in [-0.25, -0.2) is 0 Å². The second-order valence-electron chi connectivity index (χ2n) is 4.20. The molecule has 2 aromatic rings. The zero-order valence-corrected chi connectivity index (χ0v) is 11.4. The van der Waals surface area contributed by atoms with Gasteiger partial charge in [-0.2, -0.15) is 0 Å². The van der Waals surface area contributed by atoms with E-state index in [0.717, 1.165) is 5.56 Å². The monoisotopic (exact) mass is 269 g/mol. The Balaban J connectivity index is 2.29. The molecular formula is C15H15N3O2. The molecule has 0 aliphatic carbocycles. The molecule has 0 fully saturated rings. The van der Waals surface area contributed by atoms with Crippen LogP contribution in [0.2, 0.25) is 0 Å². The number of para-hydroxylation sites is 1. The fraction of sp³-hybridized carbons (Fsp3) is 0.200. The van der Waals surface area contributed by atoms with Crippen LogP contribution in [-0.4, -0.2) is 17.6 Å². The summed E-state index contributed by atoms with van der Waals surface area (Å²) in [5.74, 6) is 5.93. The molecule has 5 heteroatoms. The lowest BCUT2D eigenvalue weighted by Crippen LogP contribution is -2.14. The Hall–Kier alpha value is -2.58. The minimum absolute atomic E-state index is 0.261. The smallest absolute Gasteiger partial charge is 0.261 e. The number of nitrogens with zero attached hydrogens (tertiary/aromatic N) is 1. The molecular weight excluding hydrogens is 254 g/mol. The number of anilines is 1. The lowest BCUT2D eigenvalue weighted by Gasteiger charge is -2.06. The van der Waals surface area contributed by atoms with Crippen LogP contribution >= 0.6 is 0 Å². The summed E-state index contributed by atoms with van der Waals surface area (Å²) in [5, 5.41) is 6.59. The number of rotatable bonds is 2. The molecule has 0 atom stereocenters. The van der Waals surface area contributed by atoms with Gasteiger partial charge in [-0.05, 0) is 26.0 Å². The lowest BCUT2D eigenvalue weighted by molar-refractivity contribution is 0.102. The van der Waals surface area contributed by atoms with E-state index in [2.05, 4.69) is 22.3 Å². The van der Waals surface area contributed by atoms with Crippen LogP contribution in [0.25, 0.3) is 0 Å². The zero-order valence-electron chi connectivity index (χ0n) is 11.4. The summed E-state index contributed by atoms with van der Waals surface area (Å²) in [6.07, 6.45) is 0. The lowest BCUT2D eigenvalue weighted by atomic mass is 10.1. The van der Waals surface area contributed by atoms with E-state index in [9.17, 15) is 4.79 Å². The maximum absolute atomic E-state index is 12.3. The van der Waals surface area contributed by atoms with E-state index in [-0.39, 0.29) is 12.5 Å². The number of hydrogen-bond donors (Lipinski definition) is 2. The Kier molecular flexibility index (Phi) is 4.18. The van der Waals surface area contributed by atoms with Gasteiger partial charge >= 0.3 is 0 Å². The van der Waals surface area contributed by atoms with Crippen molar-refractivity contribution in [3.63, 3.8) is 0 Å². The van der Waals surface area contributed by atoms with Crippen molar-refractivity contribution in [1.29, 1.82) is 0 Å². The van der Waals surface area contributed by atoms with E-state index >= 15 is 0 Å². The Morgan fingerprint density at radius 1 is 1.40 bits per heavy atom. The van der Waals surface area contributed by atoms with Crippen LogP contribution in [0, 0.1) is 25.7 Å². The van der Waals surface area contributed by atoms with Crippen molar-refractivity contribution in [2.24, 2.45) is 5.73 Å². The maximum atomic E-state index is 12.3. The minimum atomic E-state index is -0.261. The summed E-state index contributed by atoms with van der Waals surface area (Å²) in [6, 6.07) is 7.30. The van der Waals surface area contributed by atoms with Gasteiger partial charge in [-0.3, -0.25) is 4.79 Å². The van der Waals surface area contributed by atoms with E-state index in [0.29, 0.717) is 22.7 Å². The van der Waals surface area contributed by atoms with Crippen molar-refractivity contribution in [3.05, 3.63) is 46.8 Å². The summed E-state index contributed by atoms with van der Waals surface area (Å²) < 4.78 is 4.99. The van der Waals surface area contributed by atoms with Crippen LogP contribution in [0.15, 0.2) is 28.8 Å². The largest absolute Gasteiger partial charge is 0.361 e. The first-order chi connectivity index (χ1) is 9.63. The molecule has 102 valence electrons. The van der Waals surface area contributed by atoms with Gasteiger partial charge in [-0.15, -0.1) is 0 Å². The molecule has 0 radical (unpaired) electrons. The topological polar surface area (TPSA) is 81.2 Å². The third-order valence-electron chi connectivity index (χ3n) is 2.76. The molecule has 20 heavy (non-hydrogen) atoms. The fourth-order valence-corrected chi connectivity index (χ4v) is 1.84. The average molecular weight is 269 g/mol. The van der Waals surface area contributed by atoms with Gasteiger partial charge < -0.3 is 15.6 Å². The highest BCUT2D eigenvalue weighted by molar-refractivity contribution is 6.06. The summed E-state index contributed by atoms with van der Waals surface area (Å²) in [5.41, 5.74) is 7.73. The first-order valence-corrected chi connectivity index (χ1v) is 6.15. The number of nitrogens with two attached hydrogens (primary N) is 1. The predicted molar refractivity (Wildman–Crippen MR) is 76.3 cm³/mol.